The number of halogens is 1. The molecule has 0 atom stereocenters. The molecule has 0 amide bonds. The van der Waals surface area contributed by atoms with Gasteiger partial charge >= 0.3 is 0 Å². The molecular formula is C18H15BrN2. The van der Waals surface area contributed by atoms with Gasteiger partial charge in [-0.1, -0.05) is 34.1 Å². The van der Waals surface area contributed by atoms with Crippen molar-refractivity contribution < 1.29 is 0 Å². The van der Waals surface area contributed by atoms with Gasteiger partial charge < -0.3 is 4.57 Å². The lowest BCUT2D eigenvalue weighted by Crippen LogP contribution is -1.97. The van der Waals surface area contributed by atoms with Gasteiger partial charge in [0.15, 0.2) is 0 Å². The highest BCUT2D eigenvalue weighted by atomic mass is 79.9. The van der Waals surface area contributed by atoms with Crippen LogP contribution in [0.2, 0.25) is 0 Å². The van der Waals surface area contributed by atoms with Crippen LogP contribution in [0.5, 0.6) is 0 Å². The molecule has 21 heavy (non-hydrogen) atoms. The largest absolute Gasteiger partial charge is 0.316 e. The number of hydrogen-bond acceptors (Lipinski definition) is 1. The van der Waals surface area contributed by atoms with Crippen molar-refractivity contribution >= 4 is 27.8 Å². The van der Waals surface area contributed by atoms with Crippen LogP contribution in [0, 0.1) is 6.92 Å². The lowest BCUT2D eigenvalue weighted by Gasteiger charge is -2.06. The third-order valence-electron chi connectivity index (χ3n) is 3.31. The lowest BCUT2D eigenvalue weighted by atomic mass is 10.2. The number of aliphatic imine (C=N–C) groups is 1. The van der Waals surface area contributed by atoms with Crippen LogP contribution in [-0.2, 0) is 0 Å². The minimum atomic E-state index is 0.985. The highest BCUT2D eigenvalue weighted by molar-refractivity contribution is 9.10. The lowest BCUT2D eigenvalue weighted by molar-refractivity contribution is 1.07. The van der Waals surface area contributed by atoms with Crippen molar-refractivity contribution in [3.63, 3.8) is 0 Å². The molecule has 0 fully saturated rings. The smallest absolute Gasteiger partial charge is 0.0660 e. The summed E-state index contributed by atoms with van der Waals surface area (Å²) < 4.78 is 3.20. The summed E-state index contributed by atoms with van der Waals surface area (Å²) in [6.45, 7) is 2.06. The molecule has 1 heterocycles. The summed E-state index contributed by atoms with van der Waals surface area (Å²) in [5, 5.41) is 0. The van der Waals surface area contributed by atoms with Gasteiger partial charge in [-0.3, -0.25) is 4.99 Å². The molecule has 0 unspecified atom stereocenters. The van der Waals surface area contributed by atoms with E-state index in [2.05, 4.69) is 56.7 Å². The highest BCUT2D eigenvalue weighted by Crippen LogP contribution is 2.22. The van der Waals surface area contributed by atoms with Gasteiger partial charge in [-0.15, -0.1) is 0 Å². The second-order valence-corrected chi connectivity index (χ2v) is 5.74. The highest BCUT2D eigenvalue weighted by Gasteiger charge is 2.01. The average Bonchev–Trinajstić information content (AvgIpc) is 2.96. The first-order valence-corrected chi connectivity index (χ1v) is 7.56. The van der Waals surface area contributed by atoms with Crippen molar-refractivity contribution in [3.05, 3.63) is 82.6 Å². The normalized spacial score (nSPS) is 11.1. The minimum Gasteiger partial charge on any atom is -0.316 e. The Hall–Kier alpha value is -2.13. The Morgan fingerprint density at radius 1 is 1.00 bits per heavy atom. The number of nitrogens with zero attached hydrogens (tertiary/aromatic N) is 2. The zero-order valence-corrected chi connectivity index (χ0v) is 13.3. The second kappa shape index (κ2) is 6.10. The van der Waals surface area contributed by atoms with Crippen molar-refractivity contribution in [1.82, 2.24) is 4.57 Å². The monoisotopic (exact) mass is 338 g/mol. The van der Waals surface area contributed by atoms with Crippen LogP contribution >= 0.6 is 15.9 Å². The van der Waals surface area contributed by atoms with Gasteiger partial charge in [0.1, 0.15) is 0 Å². The van der Waals surface area contributed by atoms with Crippen LogP contribution in [-0.4, -0.2) is 10.8 Å². The maximum Gasteiger partial charge on any atom is 0.0660 e. The summed E-state index contributed by atoms with van der Waals surface area (Å²) in [5.74, 6) is 0. The van der Waals surface area contributed by atoms with Crippen LogP contribution in [0.15, 0.2) is 76.3 Å². The first-order valence-electron chi connectivity index (χ1n) is 6.77. The molecule has 3 heteroatoms. The Balaban J connectivity index is 1.93. The first-order chi connectivity index (χ1) is 10.2. The second-order valence-electron chi connectivity index (χ2n) is 4.83. The molecule has 0 bridgehead atoms. The number of rotatable bonds is 3. The van der Waals surface area contributed by atoms with Crippen molar-refractivity contribution in [2.45, 2.75) is 6.92 Å². The molecule has 104 valence electrons. The zero-order chi connectivity index (χ0) is 14.7. The van der Waals surface area contributed by atoms with Crippen molar-refractivity contribution in [2.75, 3.05) is 0 Å². The maximum absolute atomic E-state index is 4.61. The van der Waals surface area contributed by atoms with E-state index in [1.54, 1.807) is 0 Å². The molecule has 0 spiro atoms. The molecule has 2 aromatic carbocycles. The van der Waals surface area contributed by atoms with Gasteiger partial charge in [0.05, 0.1) is 17.6 Å². The van der Waals surface area contributed by atoms with Gasteiger partial charge in [0.25, 0.3) is 0 Å². The van der Waals surface area contributed by atoms with Crippen LogP contribution in [0.4, 0.5) is 5.69 Å². The molecule has 3 aromatic rings. The number of para-hydroxylation sites is 1. The molecule has 0 saturated carbocycles. The van der Waals surface area contributed by atoms with Crippen molar-refractivity contribution in [3.8, 4) is 5.69 Å². The Labute approximate surface area is 132 Å². The summed E-state index contributed by atoms with van der Waals surface area (Å²) in [6.07, 6.45) is 3.95. The van der Waals surface area contributed by atoms with Crippen LogP contribution in [0.1, 0.15) is 11.3 Å². The van der Waals surface area contributed by atoms with Gasteiger partial charge in [-0.25, -0.2) is 0 Å². The molecule has 0 saturated heterocycles. The van der Waals surface area contributed by atoms with Gasteiger partial charge in [-0.05, 0) is 55.0 Å². The van der Waals surface area contributed by atoms with Crippen LogP contribution in [0.3, 0.4) is 0 Å². The summed E-state index contributed by atoms with van der Waals surface area (Å²) in [5.41, 5.74) is 4.33. The van der Waals surface area contributed by atoms with E-state index in [-0.39, 0.29) is 0 Å². The van der Waals surface area contributed by atoms with Crippen molar-refractivity contribution in [1.29, 1.82) is 0 Å². The van der Waals surface area contributed by atoms with Crippen LogP contribution < -0.4 is 0 Å². The van der Waals surface area contributed by atoms with E-state index in [1.807, 2.05) is 48.8 Å². The average molecular weight is 339 g/mol. The third-order valence-corrected chi connectivity index (χ3v) is 3.80. The number of aryl methyl sites for hydroxylation is 1. The van der Waals surface area contributed by atoms with E-state index in [0.29, 0.717) is 0 Å². The Kier molecular flexibility index (Phi) is 4.02. The molecule has 0 aliphatic rings. The quantitative estimate of drug-likeness (QED) is 0.576. The number of benzene rings is 2. The maximum atomic E-state index is 4.61. The molecule has 1 aromatic heterocycles. The number of aromatic nitrogens is 1. The SMILES string of the molecule is Cc1cc(Br)ccc1N=Cc1cccn1-c1ccccc1. The molecular weight excluding hydrogens is 324 g/mol. The first kappa shape index (κ1) is 13.8. The Morgan fingerprint density at radius 3 is 2.57 bits per heavy atom. The summed E-state index contributed by atoms with van der Waals surface area (Å²) in [4.78, 5) is 4.61. The molecule has 0 aliphatic heterocycles. The van der Waals surface area contributed by atoms with Crippen LogP contribution in [0.25, 0.3) is 5.69 Å². The molecule has 0 radical (unpaired) electrons. The fourth-order valence-corrected chi connectivity index (χ4v) is 2.70. The molecule has 3 rings (SSSR count). The fourth-order valence-electron chi connectivity index (χ4n) is 2.22. The van der Waals surface area contributed by atoms with E-state index >= 15 is 0 Å². The molecule has 0 aliphatic carbocycles. The Bertz CT molecular complexity index is 773. The zero-order valence-electron chi connectivity index (χ0n) is 11.7. The van der Waals surface area contributed by atoms with E-state index in [4.69, 9.17) is 0 Å². The van der Waals surface area contributed by atoms with E-state index < -0.39 is 0 Å². The predicted octanol–water partition coefficient (Wildman–Crippen LogP) is 5.30. The predicted molar refractivity (Wildman–Crippen MR) is 91.9 cm³/mol. The summed E-state index contributed by atoms with van der Waals surface area (Å²) in [6, 6.07) is 20.5. The van der Waals surface area contributed by atoms with E-state index in [9.17, 15) is 0 Å². The Morgan fingerprint density at radius 2 is 1.81 bits per heavy atom. The summed E-state index contributed by atoms with van der Waals surface area (Å²) >= 11 is 3.47. The standard InChI is InChI=1S/C18H15BrN2/c1-14-12-15(19)9-10-18(14)20-13-17-8-5-11-21(17)16-6-3-2-4-7-16/h2-13H,1H3. The van der Waals surface area contributed by atoms with Crippen molar-refractivity contribution in [2.24, 2.45) is 4.99 Å². The number of hydrogen-bond donors (Lipinski definition) is 0. The minimum absolute atomic E-state index is 0.985. The summed E-state index contributed by atoms with van der Waals surface area (Å²) in [7, 11) is 0. The van der Waals surface area contributed by atoms with Gasteiger partial charge in [0, 0.05) is 16.4 Å². The van der Waals surface area contributed by atoms with Gasteiger partial charge in [-0.2, -0.15) is 0 Å². The third kappa shape index (κ3) is 3.14. The van der Waals surface area contributed by atoms with Gasteiger partial charge in [0.2, 0.25) is 0 Å². The molecule has 2 nitrogen and oxygen atoms in total. The topological polar surface area (TPSA) is 17.3 Å². The van der Waals surface area contributed by atoms with E-state index in [0.717, 1.165) is 27.1 Å². The van der Waals surface area contributed by atoms with E-state index in [1.165, 1.54) is 0 Å². The molecule has 0 N–H and O–H groups in total. The fraction of sp³-hybridized carbons (Fsp3) is 0.0556.